The molecule has 8 heteroatoms. The quantitative estimate of drug-likeness (QED) is 0.221. The van der Waals surface area contributed by atoms with Crippen LogP contribution in [-0.2, 0) is 19.2 Å². The van der Waals surface area contributed by atoms with E-state index in [1.54, 1.807) is 42.5 Å². The van der Waals surface area contributed by atoms with E-state index in [-0.39, 0.29) is 76.4 Å². The van der Waals surface area contributed by atoms with Crippen LogP contribution in [0.1, 0.15) is 60.4 Å². The second-order valence-corrected chi connectivity index (χ2v) is 13.0. The number of fused-ring (bicyclic) bond motifs is 6. The van der Waals surface area contributed by atoms with Gasteiger partial charge in [0.1, 0.15) is 5.75 Å². The number of ether oxygens (including phenoxy) is 1. The Balaban J connectivity index is 0.989. The van der Waals surface area contributed by atoms with Gasteiger partial charge in [0.05, 0.1) is 40.6 Å². The maximum atomic E-state index is 13.6. The highest BCUT2D eigenvalue weighted by atomic mass is 16.5. The van der Waals surface area contributed by atoms with Crippen LogP contribution in [0.2, 0.25) is 0 Å². The van der Waals surface area contributed by atoms with Gasteiger partial charge >= 0.3 is 5.97 Å². The fraction of sp³-hybridized carbons (Fsp3) is 0.361. The number of benzene rings is 3. The maximum Gasteiger partial charge on any atom is 0.343 e. The molecule has 2 saturated heterocycles. The topological polar surface area (TPSA) is 101 Å². The maximum absolute atomic E-state index is 13.6. The first kappa shape index (κ1) is 27.0. The van der Waals surface area contributed by atoms with Crippen LogP contribution in [0.4, 0.5) is 11.4 Å². The van der Waals surface area contributed by atoms with Crippen molar-refractivity contribution in [2.75, 3.05) is 9.80 Å². The molecular weight excluding hydrogens is 556 g/mol. The molecule has 222 valence electrons. The van der Waals surface area contributed by atoms with Crippen LogP contribution in [0, 0.1) is 35.5 Å². The van der Waals surface area contributed by atoms with Crippen LogP contribution in [0.3, 0.4) is 0 Å². The molecule has 8 nitrogen and oxygen atoms in total. The fourth-order valence-electron chi connectivity index (χ4n) is 8.75. The molecule has 0 N–H and O–H groups in total. The normalized spacial score (nSPS) is 30.6. The smallest absolute Gasteiger partial charge is 0.343 e. The monoisotopic (exact) mass is 588 g/mol. The van der Waals surface area contributed by atoms with Crippen molar-refractivity contribution in [1.82, 2.24) is 0 Å². The first-order valence-electron chi connectivity index (χ1n) is 15.6. The van der Waals surface area contributed by atoms with Crippen molar-refractivity contribution in [2.24, 2.45) is 35.5 Å². The Bertz CT molecular complexity index is 1690. The zero-order valence-corrected chi connectivity index (χ0v) is 24.1. The largest absolute Gasteiger partial charge is 0.423 e. The van der Waals surface area contributed by atoms with Crippen LogP contribution in [0.15, 0.2) is 78.9 Å². The molecule has 0 radical (unpaired) electrons. The molecule has 2 aliphatic heterocycles. The third kappa shape index (κ3) is 4.14. The molecule has 2 bridgehead atoms. The van der Waals surface area contributed by atoms with Crippen LogP contribution in [0.25, 0.3) is 0 Å². The third-order valence-electron chi connectivity index (χ3n) is 10.8. The lowest BCUT2D eigenvalue weighted by Gasteiger charge is -2.28. The molecule has 4 amide bonds. The highest BCUT2D eigenvalue weighted by Crippen LogP contribution is 2.56. The number of hydrogen-bond acceptors (Lipinski definition) is 6. The molecule has 5 fully saturated rings. The molecular formula is C36H32N2O6. The van der Waals surface area contributed by atoms with E-state index in [2.05, 4.69) is 12.1 Å². The van der Waals surface area contributed by atoms with Crippen LogP contribution in [-0.4, -0.2) is 29.6 Å². The van der Waals surface area contributed by atoms with Crippen molar-refractivity contribution in [3.8, 4) is 5.75 Å². The molecule has 5 aliphatic rings. The summed E-state index contributed by atoms with van der Waals surface area (Å²) in [6.45, 7) is 0. The van der Waals surface area contributed by atoms with Gasteiger partial charge in [-0.3, -0.25) is 24.1 Å². The summed E-state index contributed by atoms with van der Waals surface area (Å²) in [4.78, 5) is 69.3. The van der Waals surface area contributed by atoms with E-state index in [1.807, 2.05) is 18.2 Å². The van der Waals surface area contributed by atoms with Gasteiger partial charge in [-0.05, 0) is 92.2 Å². The van der Waals surface area contributed by atoms with Gasteiger partial charge in [-0.15, -0.1) is 0 Å². The molecule has 8 rings (SSSR count). The summed E-state index contributed by atoms with van der Waals surface area (Å²) in [6.07, 6.45) is 5.08. The number of rotatable bonds is 5. The van der Waals surface area contributed by atoms with Gasteiger partial charge in [0.15, 0.2) is 0 Å². The predicted octanol–water partition coefficient (Wildman–Crippen LogP) is 5.51. The summed E-state index contributed by atoms with van der Waals surface area (Å²) < 4.78 is 5.67. The summed E-state index contributed by atoms with van der Waals surface area (Å²) >= 11 is 0. The number of esters is 1. The zero-order valence-electron chi connectivity index (χ0n) is 24.1. The second kappa shape index (κ2) is 10.3. The van der Waals surface area contributed by atoms with Crippen molar-refractivity contribution in [1.29, 1.82) is 0 Å². The molecule has 3 aromatic rings. The summed E-state index contributed by atoms with van der Waals surface area (Å²) in [5.41, 5.74) is 2.12. The van der Waals surface area contributed by atoms with E-state index in [4.69, 9.17) is 4.74 Å². The van der Waals surface area contributed by atoms with Gasteiger partial charge in [-0.1, -0.05) is 42.5 Å². The Labute approximate surface area is 255 Å². The third-order valence-corrected chi connectivity index (χ3v) is 10.8. The zero-order chi connectivity index (χ0) is 30.1. The van der Waals surface area contributed by atoms with Gasteiger partial charge in [0, 0.05) is 6.07 Å². The predicted molar refractivity (Wildman–Crippen MR) is 161 cm³/mol. The summed E-state index contributed by atoms with van der Waals surface area (Å²) in [6, 6.07) is 23.0. The van der Waals surface area contributed by atoms with Crippen molar-refractivity contribution in [3.63, 3.8) is 0 Å². The number of carbonyl (C=O) groups is 5. The standard InChI is InChI=1S/C36H32N2O6/c39-32-28-15-14-21(20-6-2-1-3-7-20)18-29(28)33(40)37(32)25-9-4-8-24(17-25)36(43)44-27-11-5-10-26(19-27)38-34(41)30-22-12-13-23(16-22)31(30)35(38)42/h1-11,17,19,21-23,28-31H,12-16,18H2/t21-,22-,23-,28+,29+,30-,31+/m0/s1. The summed E-state index contributed by atoms with van der Waals surface area (Å²) in [5, 5.41) is 0. The molecule has 7 atom stereocenters. The highest BCUT2D eigenvalue weighted by molar-refractivity contribution is 6.23. The van der Waals surface area contributed by atoms with Crippen molar-refractivity contribution >= 4 is 41.0 Å². The lowest BCUT2D eigenvalue weighted by atomic mass is 9.73. The first-order valence-corrected chi connectivity index (χ1v) is 15.6. The van der Waals surface area contributed by atoms with Gasteiger partial charge in [0.25, 0.3) is 0 Å². The van der Waals surface area contributed by atoms with E-state index in [0.717, 1.165) is 25.7 Å². The molecule has 3 aromatic carbocycles. The van der Waals surface area contributed by atoms with E-state index in [0.29, 0.717) is 24.2 Å². The lowest BCUT2D eigenvalue weighted by molar-refractivity contribution is -0.124. The van der Waals surface area contributed by atoms with E-state index >= 15 is 0 Å². The fourth-order valence-corrected chi connectivity index (χ4v) is 8.75. The van der Waals surface area contributed by atoms with Crippen molar-refractivity contribution in [2.45, 2.75) is 44.4 Å². The summed E-state index contributed by atoms with van der Waals surface area (Å²) in [7, 11) is 0. The minimum absolute atomic E-state index is 0.154. The first-order chi connectivity index (χ1) is 21.4. The average molecular weight is 589 g/mol. The summed E-state index contributed by atoms with van der Waals surface area (Å²) in [5.74, 6) is -1.64. The SMILES string of the molecule is O=C(Oc1cccc(N2C(=O)[C@@H]3[C@H]4CC[C@@H](C4)[C@@H]3C2=O)c1)c1cccc(N2C(=O)[C@@H]3CC[C@H](c4ccccc4)C[C@H]3C2=O)c1. The minimum Gasteiger partial charge on any atom is -0.423 e. The van der Waals surface area contributed by atoms with Crippen molar-refractivity contribution in [3.05, 3.63) is 90.0 Å². The van der Waals surface area contributed by atoms with Gasteiger partial charge in [-0.25, -0.2) is 9.69 Å². The molecule has 0 unspecified atom stereocenters. The number of hydrogen-bond donors (Lipinski definition) is 0. The van der Waals surface area contributed by atoms with Gasteiger partial charge in [-0.2, -0.15) is 0 Å². The lowest BCUT2D eigenvalue weighted by Crippen LogP contribution is -2.32. The molecule has 44 heavy (non-hydrogen) atoms. The Morgan fingerprint density at radius 1 is 0.614 bits per heavy atom. The van der Waals surface area contributed by atoms with Crippen molar-refractivity contribution < 1.29 is 28.7 Å². The Morgan fingerprint density at radius 3 is 1.98 bits per heavy atom. The minimum atomic E-state index is -0.668. The number of carbonyl (C=O) groups excluding carboxylic acids is 5. The second-order valence-electron chi connectivity index (χ2n) is 13.0. The van der Waals surface area contributed by atoms with E-state index in [1.165, 1.54) is 21.4 Å². The van der Waals surface area contributed by atoms with E-state index < -0.39 is 5.97 Å². The number of imide groups is 2. The highest BCUT2D eigenvalue weighted by Gasteiger charge is 2.61. The van der Waals surface area contributed by atoms with Crippen LogP contribution in [0.5, 0.6) is 5.75 Å². The Kier molecular flexibility index (Phi) is 6.29. The van der Waals surface area contributed by atoms with Gasteiger partial charge < -0.3 is 4.74 Å². The average Bonchev–Trinajstić information content (AvgIpc) is 3.79. The molecule has 0 spiro atoms. The number of amides is 4. The number of nitrogens with zero attached hydrogens (tertiary/aromatic N) is 2. The molecule has 3 saturated carbocycles. The van der Waals surface area contributed by atoms with Crippen LogP contribution < -0.4 is 14.5 Å². The van der Waals surface area contributed by atoms with E-state index in [9.17, 15) is 24.0 Å². The molecule has 2 heterocycles. The molecule has 3 aliphatic carbocycles. The van der Waals surface area contributed by atoms with Crippen LogP contribution >= 0.6 is 0 Å². The Morgan fingerprint density at radius 2 is 1.25 bits per heavy atom. The Hall–Kier alpha value is -4.59. The molecule has 0 aromatic heterocycles. The number of anilines is 2. The van der Waals surface area contributed by atoms with Gasteiger partial charge in [0.2, 0.25) is 23.6 Å².